The van der Waals surface area contributed by atoms with Gasteiger partial charge < -0.3 is 10.5 Å². The maximum absolute atomic E-state index is 13.0. The van der Waals surface area contributed by atoms with E-state index in [-0.39, 0.29) is 6.54 Å². The molecule has 2 rings (SSSR count). The van der Waals surface area contributed by atoms with E-state index in [2.05, 4.69) is 4.98 Å². The summed E-state index contributed by atoms with van der Waals surface area (Å²) in [6.45, 7) is 0.184. The Morgan fingerprint density at radius 3 is 2.67 bits per heavy atom. The zero-order chi connectivity index (χ0) is 13.0. The average molecular weight is 264 g/mol. The lowest BCUT2D eigenvalue weighted by Gasteiger charge is -2.09. The topological polar surface area (TPSA) is 48.1 Å². The molecule has 2 N–H and O–H groups in total. The molecule has 0 radical (unpaired) electrons. The summed E-state index contributed by atoms with van der Waals surface area (Å²) in [7, 11) is 0. The predicted molar refractivity (Wildman–Crippen MR) is 70.4 cm³/mol. The zero-order valence-electron chi connectivity index (χ0n) is 9.89. The van der Waals surface area contributed by atoms with Crippen molar-refractivity contribution >= 4 is 11.8 Å². The zero-order valence-corrected chi connectivity index (χ0v) is 10.7. The first kappa shape index (κ1) is 12.9. The number of pyridine rings is 1. The molecule has 18 heavy (non-hydrogen) atoms. The van der Waals surface area contributed by atoms with E-state index in [9.17, 15) is 4.39 Å². The third-order valence-corrected chi connectivity index (χ3v) is 3.13. The molecule has 3 nitrogen and oxygen atoms in total. The molecule has 94 valence electrons. The second-order valence-corrected chi connectivity index (χ2v) is 4.48. The first-order chi connectivity index (χ1) is 8.72. The Morgan fingerprint density at radius 2 is 2.06 bits per heavy atom. The Labute approximate surface area is 109 Å². The van der Waals surface area contributed by atoms with Gasteiger partial charge in [0.1, 0.15) is 11.6 Å². The molecule has 1 aromatic heterocycles. The Bertz CT molecular complexity index is 531. The molecule has 0 bridgehead atoms. The van der Waals surface area contributed by atoms with Crippen LogP contribution in [0.1, 0.15) is 5.56 Å². The van der Waals surface area contributed by atoms with Gasteiger partial charge in [-0.25, -0.2) is 9.37 Å². The Morgan fingerprint density at radius 1 is 1.33 bits per heavy atom. The summed E-state index contributed by atoms with van der Waals surface area (Å²) in [4.78, 5) is 5.05. The van der Waals surface area contributed by atoms with E-state index in [1.165, 1.54) is 6.07 Å². The first-order valence-corrected chi connectivity index (χ1v) is 6.62. The fourth-order valence-corrected chi connectivity index (χ4v) is 1.87. The number of nitrogens with zero attached hydrogens (tertiary/aromatic N) is 1. The molecule has 2 aromatic rings. The molecule has 1 heterocycles. The van der Waals surface area contributed by atoms with Crippen molar-refractivity contribution in [2.75, 3.05) is 6.26 Å². The van der Waals surface area contributed by atoms with E-state index in [1.807, 2.05) is 30.5 Å². The van der Waals surface area contributed by atoms with Gasteiger partial charge in [-0.1, -0.05) is 0 Å². The van der Waals surface area contributed by atoms with Crippen LogP contribution in [0.3, 0.4) is 0 Å². The maximum atomic E-state index is 13.0. The lowest BCUT2D eigenvalue weighted by molar-refractivity contribution is 0.452. The molecule has 0 saturated carbocycles. The summed E-state index contributed by atoms with van der Waals surface area (Å²) < 4.78 is 18.6. The molecule has 5 heteroatoms. The average Bonchev–Trinajstić information content (AvgIpc) is 2.41. The summed E-state index contributed by atoms with van der Waals surface area (Å²) >= 11 is 1.65. The number of ether oxygens (including phenoxy) is 1. The lowest BCUT2D eigenvalue weighted by atomic mass is 10.2. The van der Waals surface area contributed by atoms with Crippen LogP contribution in [0.4, 0.5) is 4.39 Å². The summed E-state index contributed by atoms with van der Waals surface area (Å²) in [5.74, 6) is 0.581. The molecule has 0 saturated heterocycles. The van der Waals surface area contributed by atoms with Crippen molar-refractivity contribution in [1.82, 2.24) is 4.98 Å². The van der Waals surface area contributed by atoms with Gasteiger partial charge in [0.05, 0.1) is 6.20 Å². The Kier molecular flexibility index (Phi) is 4.17. The third kappa shape index (κ3) is 3.00. The van der Waals surface area contributed by atoms with Crippen molar-refractivity contribution in [1.29, 1.82) is 0 Å². The molecule has 0 aliphatic heterocycles. The summed E-state index contributed by atoms with van der Waals surface area (Å²) in [6, 6.07) is 8.92. The first-order valence-electron chi connectivity index (χ1n) is 5.39. The summed E-state index contributed by atoms with van der Waals surface area (Å²) in [5, 5.41) is 0. The van der Waals surface area contributed by atoms with Gasteiger partial charge in [-0.2, -0.15) is 0 Å². The molecule has 0 fully saturated rings. The number of aromatic nitrogens is 1. The van der Waals surface area contributed by atoms with E-state index in [4.69, 9.17) is 10.5 Å². The van der Waals surface area contributed by atoms with E-state index in [0.29, 0.717) is 17.2 Å². The summed E-state index contributed by atoms with van der Waals surface area (Å²) in [6.07, 6.45) is 3.12. The van der Waals surface area contributed by atoms with Crippen molar-refractivity contribution in [2.24, 2.45) is 5.73 Å². The van der Waals surface area contributed by atoms with Crippen LogP contribution < -0.4 is 10.5 Å². The number of rotatable bonds is 4. The number of hydrogen-bond donors (Lipinski definition) is 1. The van der Waals surface area contributed by atoms with Crippen molar-refractivity contribution in [3.63, 3.8) is 0 Å². The highest BCUT2D eigenvalue weighted by molar-refractivity contribution is 7.98. The van der Waals surface area contributed by atoms with Crippen LogP contribution in [-0.4, -0.2) is 11.2 Å². The highest BCUT2D eigenvalue weighted by Gasteiger charge is 2.07. The number of benzene rings is 1. The van der Waals surface area contributed by atoms with E-state index >= 15 is 0 Å². The van der Waals surface area contributed by atoms with Gasteiger partial charge >= 0.3 is 0 Å². The second kappa shape index (κ2) is 5.84. The molecule has 0 aliphatic rings. The maximum Gasteiger partial charge on any atom is 0.223 e. The minimum atomic E-state index is -0.416. The van der Waals surface area contributed by atoms with Crippen LogP contribution in [0.25, 0.3) is 0 Å². The molecule has 0 amide bonds. The number of nitrogens with two attached hydrogens (primary N) is 1. The van der Waals surface area contributed by atoms with Crippen molar-refractivity contribution in [2.45, 2.75) is 11.4 Å². The second-order valence-electron chi connectivity index (χ2n) is 3.60. The van der Waals surface area contributed by atoms with Gasteiger partial charge in [-0.05, 0) is 36.6 Å². The van der Waals surface area contributed by atoms with Crippen LogP contribution >= 0.6 is 11.8 Å². The molecular formula is C13H13FN2OS. The van der Waals surface area contributed by atoms with Crippen LogP contribution in [0, 0.1) is 5.82 Å². The standard InChI is InChI=1S/C13H13FN2OS/c1-18-12-4-2-11(3-5-12)17-13-9(7-15)6-10(14)8-16-13/h2-6,8H,7,15H2,1H3. The third-order valence-electron chi connectivity index (χ3n) is 2.39. The van der Waals surface area contributed by atoms with Gasteiger partial charge in [0.15, 0.2) is 0 Å². The lowest BCUT2D eigenvalue weighted by Crippen LogP contribution is -2.02. The monoisotopic (exact) mass is 264 g/mol. The van der Waals surface area contributed by atoms with Crippen LogP contribution in [-0.2, 0) is 6.54 Å². The minimum absolute atomic E-state index is 0.184. The SMILES string of the molecule is CSc1ccc(Oc2ncc(F)cc2CN)cc1. The van der Waals surface area contributed by atoms with E-state index < -0.39 is 5.82 Å². The molecule has 0 spiro atoms. The van der Waals surface area contributed by atoms with Gasteiger partial charge in [0.2, 0.25) is 5.88 Å². The quantitative estimate of drug-likeness (QED) is 0.861. The Balaban J connectivity index is 2.22. The molecule has 0 aliphatic carbocycles. The van der Waals surface area contributed by atoms with Crippen LogP contribution in [0.2, 0.25) is 0 Å². The van der Waals surface area contributed by atoms with Crippen LogP contribution in [0.15, 0.2) is 41.4 Å². The van der Waals surface area contributed by atoms with Crippen molar-refractivity contribution < 1.29 is 9.13 Å². The fraction of sp³-hybridized carbons (Fsp3) is 0.154. The number of hydrogen-bond acceptors (Lipinski definition) is 4. The van der Waals surface area contributed by atoms with Gasteiger partial charge in [-0.3, -0.25) is 0 Å². The molecule has 0 atom stereocenters. The number of halogens is 1. The van der Waals surface area contributed by atoms with E-state index in [0.717, 1.165) is 11.1 Å². The highest BCUT2D eigenvalue weighted by atomic mass is 32.2. The van der Waals surface area contributed by atoms with Gasteiger partial charge in [0.25, 0.3) is 0 Å². The minimum Gasteiger partial charge on any atom is -0.439 e. The van der Waals surface area contributed by atoms with Gasteiger partial charge in [-0.15, -0.1) is 11.8 Å². The Hall–Kier alpha value is -1.59. The van der Waals surface area contributed by atoms with Gasteiger partial charge in [0, 0.05) is 17.0 Å². The molecule has 0 unspecified atom stereocenters. The number of thioether (sulfide) groups is 1. The smallest absolute Gasteiger partial charge is 0.223 e. The fourth-order valence-electron chi connectivity index (χ4n) is 1.46. The van der Waals surface area contributed by atoms with Crippen LogP contribution in [0.5, 0.6) is 11.6 Å². The van der Waals surface area contributed by atoms with Crippen molar-refractivity contribution in [3.05, 3.63) is 47.9 Å². The van der Waals surface area contributed by atoms with E-state index in [1.54, 1.807) is 11.8 Å². The highest BCUT2D eigenvalue weighted by Crippen LogP contribution is 2.25. The largest absolute Gasteiger partial charge is 0.439 e. The predicted octanol–water partition coefficient (Wildman–Crippen LogP) is 3.19. The normalized spacial score (nSPS) is 10.4. The van der Waals surface area contributed by atoms with Crippen molar-refractivity contribution in [3.8, 4) is 11.6 Å². The summed E-state index contributed by atoms with van der Waals surface area (Å²) in [5.41, 5.74) is 6.07. The molecular weight excluding hydrogens is 251 g/mol. The molecule has 1 aromatic carbocycles.